The Kier molecular flexibility index (Phi) is 5.00. The summed E-state index contributed by atoms with van der Waals surface area (Å²) < 4.78 is 36.1. The Hall–Kier alpha value is -2.13. The Bertz CT molecular complexity index is 733. The van der Waals surface area contributed by atoms with Crippen LogP contribution >= 0.6 is 11.3 Å². The van der Waals surface area contributed by atoms with Crippen molar-refractivity contribution in [2.75, 3.05) is 18.5 Å². The zero-order chi connectivity index (χ0) is 17.1. The zero-order valence-electron chi connectivity index (χ0n) is 12.8. The molecule has 0 saturated carbocycles. The van der Waals surface area contributed by atoms with Crippen molar-refractivity contribution >= 4 is 22.4 Å². The fraction of sp³-hybridized carbons (Fsp3) is 0.400. The number of halogens is 2. The quantitative estimate of drug-likeness (QED) is 0.892. The number of carbonyl (C=O) groups is 1. The van der Waals surface area contributed by atoms with Crippen LogP contribution in [0.1, 0.15) is 34.7 Å². The number of alkyl halides is 2. The highest BCUT2D eigenvalue weighted by atomic mass is 32.1. The van der Waals surface area contributed by atoms with Crippen molar-refractivity contribution in [1.82, 2.24) is 9.97 Å². The van der Waals surface area contributed by atoms with E-state index in [1.54, 1.807) is 13.0 Å². The van der Waals surface area contributed by atoms with Crippen LogP contribution in [0, 0.1) is 6.92 Å². The molecule has 2 aromatic rings. The molecule has 24 heavy (non-hydrogen) atoms. The fourth-order valence-electron chi connectivity index (χ4n) is 2.22. The first kappa shape index (κ1) is 16.7. The average molecular weight is 355 g/mol. The molecule has 0 spiro atoms. The number of amides is 1. The number of carbonyl (C=O) groups excluding carboxylic acids is 1. The lowest BCUT2D eigenvalue weighted by atomic mass is 10.2. The fourth-order valence-corrected chi connectivity index (χ4v) is 2.92. The number of nitrogens with one attached hydrogen (secondary N) is 1. The Morgan fingerprint density at radius 3 is 2.96 bits per heavy atom. The molecule has 1 N–H and O–H groups in total. The first-order chi connectivity index (χ1) is 11.5. The summed E-state index contributed by atoms with van der Waals surface area (Å²) in [5.41, 5.74) is 0.388. The van der Waals surface area contributed by atoms with Crippen LogP contribution in [-0.2, 0) is 4.74 Å². The predicted octanol–water partition coefficient (Wildman–Crippen LogP) is 3.20. The number of anilines is 1. The number of hydrogen-bond acceptors (Lipinski definition) is 6. The van der Waals surface area contributed by atoms with Gasteiger partial charge in [-0.2, -0.15) is 0 Å². The summed E-state index contributed by atoms with van der Waals surface area (Å²) in [6, 6.07) is 3.25. The predicted molar refractivity (Wildman–Crippen MR) is 83.9 cm³/mol. The maximum Gasteiger partial charge on any atom is 0.281 e. The van der Waals surface area contributed by atoms with E-state index in [9.17, 15) is 13.6 Å². The lowest BCUT2D eigenvalue weighted by molar-refractivity contribution is 0.102. The topological polar surface area (TPSA) is 73.3 Å². The summed E-state index contributed by atoms with van der Waals surface area (Å²) in [6.07, 6.45) is -1.92. The Labute approximate surface area is 140 Å². The van der Waals surface area contributed by atoms with E-state index in [-0.39, 0.29) is 22.6 Å². The third-order valence-electron chi connectivity index (χ3n) is 3.32. The van der Waals surface area contributed by atoms with E-state index in [4.69, 9.17) is 9.47 Å². The van der Waals surface area contributed by atoms with Crippen molar-refractivity contribution in [2.24, 2.45) is 0 Å². The van der Waals surface area contributed by atoms with Crippen LogP contribution in [0.3, 0.4) is 0 Å². The largest absolute Gasteiger partial charge is 0.488 e. The van der Waals surface area contributed by atoms with Crippen molar-refractivity contribution in [3.05, 3.63) is 34.6 Å². The van der Waals surface area contributed by atoms with Crippen LogP contribution in [-0.4, -0.2) is 35.2 Å². The second kappa shape index (κ2) is 7.18. The third kappa shape index (κ3) is 4.04. The molecule has 0 aliphatic carbocycles. The molecule has 3 heterocycles. The van der Waals surface area contributed by atoms with Crippen LogP contribution in [0.5, 0.6) is 5.75 Å². The van der Waals surface area contributed by atoms with Crippen molar-refractivity contribution in [2.45, 2.75) is 25.9 Å². The molecule has 1 atom stereocenters. The molecule has 1 amide bonds. The van der Waals surface area contributed by atoms with Gasteiger partial charge in [-0.1, -0.05) is 0 Å². The van der Waals surface area contributed by atoms with Crippen molar-refractivity contribution in [3.63, 3.8) is 0 Å². The number of hydrogen-bond donors (Lipinski definition) is 1. The van der Waals surface area contributed by atoms with Gasteiger partial charge in [-0.15, -0.1) is 11.3 Å². The number of thiazole rings is 1. The van der Waals surface area contributed by atoms with Crippen molar-refractivity contribution in [1.29, 1.82) is 0 Å². The molecule has 2 aromatic heterocycles. The van der Waals surface area contributed by atoms with Gasteiger partial charge in [-0.3, -0.25) is 10.1 Å². The first-order valence-corrected chi connectivity index (χ1v) is 8.17. The lowest BCUT2D eigenvalue weighted by Gasteiger charge is -2.13. The molecule has 0 bridgehead atoms. The second-order valence-electron chi connectivity index (χ2n) is 5.27. The van der Waals surface area contributed by atoms with E-state index in [1.807, 2.05) is 0 Å². The van der Waals surface area contributed by atoms with Gasteiger partial charge in [-0.05, 0) is 6.92 Å². The molecule has 0 aromatic carbocycles. The molecule has 6 nitrogen and oxygen atoms in total. The average Bonchev–Trinajstić information content (AvgIpc) is 3.18. The zero-order valence-corrected chi connectivity index (χ0v) is 13.6. The number of aromatic nitrogens is 2. The van der Waals surface area contributed by atoms with E-state index in [0.29, 0.717) is 24.7 Å². The number of rotatable bonds is 5. The van der Waals surface area contributed by atoms with Crippen LogP contribution in [0.25, 0.3) is 0 Å². The maximum atomic E-state index is 12.5. The Balaban J connectivity index is 1.72. The summed E-state index contributed by atoms with van der Waals surface area (Å²) in [5.74, 6) is -0.00283. The van der Waals surface area contributed by atoms with Gasteiger partial charge < -0.3 is 9.47 Å². The highest BCUT2D eigenvalue weighted by molar-refractivity contribution is 7.14. The standard InChI is InChI=1S/C15H15F2N3O3S/c1-8-4-10(23-9-2-3-22-6-9)5-11(18-8)14(21)20-15-19-12(7-24-15)13(16)17/h4-5,7,9,13H,2-3,6H2,1H3,(H,19,20,21)/t9-/m1/s1. The molecular weight excluding hydrogens is 340 g/mol. The minimum atomic E-state index is -2.67. The van der Waals surface area contributed by atoms with E-state index < -0.39 is 12.3 Å². The SMILES string of the molecule is Cc1cc(O[C@@H]2CCOC2)cc(C(=O)Nc2nc(C(F)F)cs2)n1. The summed E-state index contributed by atoms with van der Waals surface area (Å²) >= 11 is 0.937. The third-order valence-corrected chi connectivity index (χ3v) is 4.09. The smallest absolute Gasteiger partial charge is 0.281 e. The number of nitrogens with zero attached hydrogens (tertiary/aromatic N) is 2. The second-order valence-corrected chi connectivity index (χ2v) is 6.12. The lowest BCUT2D eigenvalue weighted by Crippen LogP contribution is -2.18. The monoisotopic (exact) mass is 355 g/mol. The summed E-state index contributed by atoms with van der Waals surface area (Å²) in [6.45, 7) is 2.91. The Morgan fingerprint density at radius 1 is 1.46 bits per heavy atom. The van der Waals surface area contributed by atoms with Gasteiger partial charge >= 0.3 is 0 Å². The molecule has 9 heteroatoms. The normalized spacial score (nSPS) is 17.2. The van der Waals surface area contributed by atoms with Crippen LogP contribution < -0.4 is 10.1 Å². The van der Waals surface area contributed by atoms with Crippen LogP contribution in [0.15, 0.2) is 17.5 Å². The maximum absolute atomic E-state index is 12.5. The minimum Gasteiger partial charge on any atom is -0.488 e. The molecular formula is C15H15F2N3O3S. The molecule has 1 fully saturated rings. The summed E-state index contributed by atoms with van der Waals surface area (Å²) in [4.78, 5) is 20.1. The van der Waals surface area contributed by atoms with Gasteiger partial charge in [0, 0.05) is 29.6 Å². The molecule has 128 valence electrons. The molecule has 1 aliphatic heterocycles. The number of pyridine rings is 1. The van der Waals surface area contributed by atoms with Crippen LogP contribution in [0.4, 0.5) is 13.9 Å². The summed E-state index contributed by atoms with van der Waals surface area (Å²) in [5, 5.41) is 3.78. The molecule has 3 rings (SSSR count). The number of aryl methyl sites for hydroxylation is 1. The Morgan fingerprint density at radius 2 is 2.29 bits per heavy atom. The van der Waals surface area contributed by atoms with Gasteiger partial charge in [0.25, 0.3) is 12.3 Å². The van der Waals surface area contributed by atoms with Gasteiger partial charge in [0.15, 0.2) is 5.13 Å². The highest BCUT2D eigenvalue weighted by Gasteiger charge is 2.19. The molecule has 1 aliphatic rings. The molecule has 0 unspecified atom stereocenters. The highest BCUT2D eigenvalue weighted by Crippen LogP contribution is 2.25. The number of ether oxygens (including phenoxy) is 2. The summed E-state index contributed by atoms with van der Waals surface area (Å²) in [7, 11) is 0. The van der Waals surface area contributed by atoms with Gasteiger partial charge in [0.1, 0.15) is 23.2 Å². The minimum absolute atomic E-state index is 0.0460. The van der Waals surface area contributed by atoms with Gasteiger partial charge in [0.05, 0.1) is 13.2 Å². The van der Waals surface area contributed by atoms with E-state index in [2.05, 4.69) is 15.3 Å². The molecule has 1 saturated heterocycles. The van der Waals surface area contributed by atoms with E-state index in [0.717, 1.165) is 17.8 Å². The van der Waals surface area contributed by atoms with Crippen LogP contribution in [0.2, 0.25) is 0 Å². The van der Waals surface area contributed by atoms with Crippen molar-refractivity contribution < 1.29 is 23.0 Å². The van der Waals surface area contributed by atoms with Gasteiger partial charge in [0.2, 0.25) is 0 Å². The van der Waals surface area contributed by atoms with E-state index >= 15 is 0 Å². The first-order valence-electron chi connectivity index (χ1n) is 7.29. The van der Waals surface area contributed by atoms with E-state index in [1.165, 1.54) is 11.4 Å². The molecule has 0 radical (unpaired) electrons. The van der Waals surface area contributed by atoms with Gasteiger partial charge in [-0.25, -0.2) is 18.7 Å². The van der Waals surface area contributed by atoms with Crippen molar-refractivity contribution in [3.8, 4) is 5.75 Å².